The highest BCUT2D eigenvalue weighted by molar-refractivity contribution is 7.92. The molecule has 3 N–H and O–H groups in total. The van der Waals surface area contributed by atoms with Crippen molar-refractivity contribution in [2.24, 2.45) is 0 Å². The predicted octanol–water partition coefficient (Wildman–Crippen LogP) is 1.51. The molecule has 3 rings (SSSR count). The molecule has 0 atom stereocenters. The number of aromatic nitrogens is 3. The smallest absolute Gasteiger partial charge is 0.264 e. The van der Waals surface area contributed by atoms with Crippen LogP contribution in [-0.4, -0.2) is 36.5 Å². The van der Waals surface area contributed by atoms with Gasteiger partial charge in [-0.3, -0.25) is 0 Å². The molecule has 0 saturated carbocycles. The molecule has 10 heteroatoms. The van der Waals surface area contributed by atoms with Gasteiger partial charge >= 0.3 is 0 Å². The molecule has 0 radical (unpaired) electrons. The highest BCUT2D eigenvalue weighted by atomic mass is 35.5. The third-order valence-electron chi connectivity index (χ3n) is 3.38. The maximum atomic E-state index is 12.3. The number of nitrogens with one attached hydrogen (secondary N) is 1. The lowest BCUT2D eigenvalue weighted by Gasteiger charge is -2.16. The van der Waals surface area contributed by atoms with Crippen molar-refractivity contribution in [2.75, 3.05) is 28.4 Å². The number of anilines is 3. The molecule has 0 amide bonds. The van der Waals surface area contributed by atoms with Gasteiger partial charge < -0.3 is 10.6 Å². The summed E-state index contributed by atoms with van der Waals surface area (Å²) in [5, 5.41) is 0.449. The van der Waals surface area contributed by atoms with E-state index in [-0.39, 0.29) is 16.8 Å². The van der Waals surface area contributed by atoms with Crippen molar-refractivity contribution in [2.45, 2.75) is 17.7 Å². The number of nitrogens with zero attached hydrogens (tertiary/aromatic N) is 4. The van der Waals surface area contributed by atoms with Crippen LogP contribution in [0.3, 0.4) is 0 Å². The molecule has 2 aromatic rings. The SMILES string of the molecule is Nc1nc(NS(=O)(=O)c2ccc(Cl)cc2)nc(N2CCCC2)n1. The standard InChI is InChI=1S/C13H15ClN6O2S/c14-9-3-5-10(6-4-9)23(21,22)19-12-16-11(15)17-13(18-12)20-7-1-2-8-20/h3-6H,1-2,7-8H2,(H3,15,16,17,18,19). The van der Waals surface area contributed by atoms with E-state index < -0.39 is 10.0 Å². The zero-order valence-electron chi connectivity index (χ0n) is 12.1. The molecule has 0 aliphatic carbocycles. The summed E-state index contributed by atoms with van der Waals surface area (Å²) < 4.78 is 27.0. The Bertz CT molecular complexity index is 806. The Hall–Kier alpha value is -2.13. The van der Waals surface area contributed by atoms with E-state index in [4.69, 9.17) is 17.3 Å². The van der Waals surface area contributed by atoms with E-state index in [1.54, 1.807) is 0 Å². The molecule has 1 aliphatic rings. The van der Waals surface area contributed by atoms with Crippen LogP contribution in [0.4, 0.5) is 17.8 Å². The van der Waals surface area contributed by atoms with E-state index in [0.29, 0.717) is 11.0 Å². The van der Waals surface area contributed by atoms with Gasteiger partial charge in [0, 0.05) is 18.1 Å². The van der Waals surface area contributed by atoms with Gasteiger partial charge in [0.1, 0.15) is 0 Å². The topological polar surface area (TPSA) is 114 Å². The summed E-state index contributed by atoms with van der Waals surface area (Å²) in [6, 6.07) is 5.79. The number of hydrogen-bond acceptors (Lipinski definition) is 7. The molecule has 122 valence electrons. The van der Waals surface area contributed by atoms with Gasteiger partial charge in [-0.05, 0) is 37.1 Å². The van der Waals surface area contributed by atoms with Gasteiger partial charge in [-0.1, -0.05) is 11.6 Å². The Balaban J connectivity index is 1.88. The van der Waals surface area contributed by atoms with Crippen molar-refractivity contribution >= 4 is 39.5 Å². The minimum atomic E-state index is -3.82. The highest BCUT2D eigenvalue weighted by Crippen LogP contribution is 2.20. The van der Waals surface area contributed by atoms with Crippen molar-refractivity contribution in [3.63, 3.8) is 0 Å². The molecule has 0 spiro atoms. The zero-order chi connectivity index (χ0) is 16.4. The van der Waals surface area contributed by atoms with Gasteiger partial charge in [-0.15, -0.1) is 0 Å². The summed E-state index contributed by atoms with van der Waals surface area (Å²) in [5.74, 6) is 0.244. The van der Waals surface area contributed by atoms with E-state index in [9.17, 15) is 8.42 Å². The van der Waals surface area contributed by atoms with E-state index in [1.165, 1.54) is 24.3 Å². The molecular formula is C13H15ClN6O2S. The van der Waals surface area contributed by atoms with Crippen LogP contribution in [0.2, 0.25) is 5.02 Å². The summed E-state index contributed by atoms with van der Waals surface area (Å²) in [7, 11) is -3.82. The Morgan fingerprint density at radius 1 is 1.09 bits per heavy atom. The third kappa shape index (κ3) is 3.62. The normalized spacial score (nSPS) is 14.9. The number of halogens is 1. The minimum absolute atomic E-state index is 0.0318. The first-order valence-electron chi connectivity index (χ1n) is 6.99. The summed E-state index contributed by atoms with van der Waals surface area (Å²) in [5.41, 5.74) is 5.66. The second-order valence-corrected chi connectivity index (χ2v) is 7.19. The van der Waals surface area contributed by atoms with Crippen molar-refractivity contribution in [1.29, 1.82) is 0 Å². The van der Waals surface area contributed by atoms with Crippen LogP contribution < -0.4 is 15.4 Å². The molecule has 1 aromatic heterocycles. The van der Waals surface area contributed by atoms with E-state index >= 15 is 0 Å². The number of hydrogen-bond donors (Lipinski definition) is 2. The maximum Gasteiger partial charge on any atom is 0.264 e. The molecular weight excluding hydrogens is 340 g/mol. The molecule has 23 heavy (non-hydrogen) atoms. The lowest BCUT2D eigenvalue weighted by atomic mass is 10.4. The zero-order valence-corrected chi connectivity index (χ0v) is 13.7. The van der Waals surface area contributed by atoms with Gasteiger partial charge in [0.15, 0.2) is 0 Å². The second kappa shape index (κ2) is 6.17. The third-order valence-corrected chi connectivity index (χ3v) is 4.98. The van der Waals surface area contributed by atoms with Crippen molar-refractivity contribution in [3.05, 3.63) is 29.3 Å². The molecule has 1 aliphatic heterocycles. The summed E-state index contributed by atoms with van der Waals surface area (Å²) in [4.78, 5) is 14.1. The Labute approximate surface area is 138 Å². The molecule has 8 nitrogen and oxygen atoms in total. The molecule has 1 aromatic carbocycles. The van der Waals surface area contributed by atoms with Crippen LogP contribution in [-0.2, 0) is 10.0 Å². The Morgan fingerprint density at radius 2 is 1.74 bits per heavy atom. The number of nitrogens with two attached hydrogens (primary N) is 1. The summed E-state index contributed by atoms with van der Waals surface area (Å²) in [6.45, 7) is 1.62. The second-order valence-electron chi connectivity index (χ2n) is 5.07. The van der Waals surface area contributed by atoms with E-state index in [1.807, 2.05) is 4.90 Å². The molecule has 0 bridgehead atoms. The number of nitrogen functional groups attached to an aromatic ring is 1. The largest absolute Gasteiger partial charge is 0.368 e. The van der Waals surface area contributed by atoms with Crippen LogP contribution in [0, 0.1) is 0 Å². The average molecular weight is 355 g/mol. The van der Waals surface area contributed by atoms with Crippen LogP contribution in [0.1, 0.15) is 12.8 Å². The number of benzene rings is 1. The fraction of sp³-hybridized carbons (Fsp3) is 0.308. The first-order valence-corrected chi connectivity index (χ1v) is 8.85. The van der Waals surface area contributed by atoms with Gasteiger partial charge in [-0.25, -0.2) is 13.1 Å². The first kappa shape index (κ1) is 15.8. The predicted molar refractivity (Wildman–Crippen MR) is 87.9 cm³/mol. The average Bonchev–Trinajstić information content (AvgIpc) is 3.00. The lowest BCUT2D eigenvalue weighted by molar-refractivity contribution is 0.601. The molecule has 1 saturated heterocycles. The first-order chi connectivity index (χ1) is 10.9. The van der Waals surface area contributed by atoms with E-state index in [2.05, 4.69) is 19.7 Å². The Kier molecular flexibility index (Phi) is 4.22. The number of rotatable bonds is 4. The van der Waals surface area contributed by atoms with Crippen LogP contribution >= 0.6 is 11.6 Å². The Morgan fingerprint density at radius 3 is 2.39 bits per heavy atom. The van der Waals surface area contributed by atoms with Crippen LogP contribution in [0.15, 0.2) is 29.2 Å². The lowest BCUT2D eigenvalue weighted by Crippen LogP contribution is -2.23. The van der Waals surface area contributed by atoms with Crippen molar-refractivity contribution in [3.8, 4) is 0 Å². The fourth-order valence-electron chi connectivity index (χ4n) is 2.28. The van der Waals surface area contributed by atoms with Gasteiger partial charge in [0.05, 0.1) is 4.90 Å². The number of sulfonamides is 1. The fourth-order valence-corrected chi connectivity index (χ4v) is 3.35. The quantitative estimate of drug-likeness (QED) is 0.855. The van der Waals surface area contributed by atoms with Crippen molar-refractivity contribution < 1.29 is 8.42 Å². The maximum absolute atomic E-state index is 12.3. The van der Waals surface area contributed by atoms with Crippen LogP contribution in [0.25, 0.3) is 0 Å². The summed E-state index contributed by atoms with van der Waals surface area (Å²) in [6.07, 6.45) is 2.08. The van der Waals surface area contributed by atoms with Crippen molar-refractivity contribution in [1.82, 2.24) is 15.0 Å². The highest BCUT2D eigenvalue weighted by Gasteiger charge is 2.20. The minimum Gasteiger partial charge on any atom is -0.368 e. The molecule has 2 heterocycles. The van der Waals surface area contributed by atoms with Gasteiger partial charge in [0.25, 0.3) is 10.0 Å². The molecule has 0 unspecified atom stereocenters. The van der Waals surface area contributed by atoms with E-state index in [0.717, 1.165) is 25.9 Å². The summed E-state index contributed by atoms with van der Waals surface area (Å²) >= 11 is 5.77. The van der Waals surface area contributed by atoms with Gasteiger partial charge in [-0.2, -0.15) is 15.0 Å². The van der Waals surface area contributed by atoms with Gasteiger partial charge in [0.2, 0.25) is 17.8 Å². The monoisotopic (exact) mass is 354 g/mol. The van der Waals surface area contributed by atoms with Crippen LogP contribution in [0.5, 0.6) is 0 Å². The molecule has 1 fully saturated rings.